The van der Waals surface area contributed by atoms with Gasteiger partial charge in [0.2, 0.25) is 0 Å². The van der Waals surface area contributed by atoms with E-state index in [2.05, 4.69) is 79.2 Å². The van der Waals surface area contributed by atoms with Gasteiger partial charge < -0.3 is 26.6 Å². The van der Waals surface area contributed by atoms with E-state index in [4.69, 9.17) is 5.73 Å². The zero-order valence-electron chi connectivity index (χ0n) is 18.5. The standard InChI is InChI=1S/C24H39N5/c1-16-12-18(13-16)26-14-20(24(2,3)25)22-15-27-23-19(6-5-7-21(23)28-22)17-8-10-29(4)11-9-17/h5-8,15-16,18,20-21,23,26-28H,9-14,25H2,1-4H3. The van der Waals surface area contributed by atoms with Crippen molar-refractivity contribution in [2.24, 2.45) is 17.6 Å². The van der Waals surface area contributed by atoms with Gasteiger partial charge in [-0.1, -0.05) is 31.2 Å². The maximum atomic E-state index is 6.62. The molecule has 5 N–H and O–H groups in total. The Bertz CT molecular complexity index is 720. The molecule has 160 valence electrons. The Balaban J connectivity index is 1.46. The third kappa shape index (κ3) is 4.62. The number of nitrogens with two attached hydrogens (primary N) is 1. The van der Waals surface area contributed by atoms with Crippen LogP contribution in [0.25, 0.3) is 0 Å². The minimum atomic E-state index is -0.288. The number of nitrogens with one attached hydrogen (secondary N) is 3. The van der Waals surface area contributed by atoms with Crippen LogP contribution in [0.3, 0.4) is 0 Å². The average molecular weight is 398 g/mol. The van der Waals surface area contributed by atoms with Crippen LogP contribution in [0.1, 0.15) is 40.0 Å². The molecule has 0 amide bonds. The second-order valence-electron chi connectivity index (χ2n) is 10.2. The molecule has 0 aromatic heterocycles. The molecule has 2 aliphatic heterocycles. The Morgan fingerprint density at radius 3 is 2.79 bits per heavy atom. The van der Waals surface area contributed by atoms with Crippen molar-refractivity contribution >= 4 is 0 Å². The van der Waals surface area contributed by atoms with Crippen LogP contribution in [0.2, 0.25) is 0 Å². The van der Waals surface area contributed by atoms with Crippen molar-refractivity contribution in [3.63, 3.8) is 0 Å². The van der Waals surface area contributed by atoms with Crippen molar-refractivity contribution in [1.29, 1.82) is 0 Å². The number of allylic oxidation sites excluding steroid dienone is 2. The van der Waals surface area contributed by atoms with Crippen LogP contribution in [-0.2, 0) is 0 Å². The predicted octanol–water partition coefficient (Wildman–Crippen LogP) is 2.26. The quantitative estimate of drug-likeness (QED) is 0.554. The van der Waals surface area contributed by atoms with Crippen molar-refractivity contribution < 1.29 is 0 Å². The second-order valence-corrected chi connectivity index (χ2v) is 10.2. The zero-order chi connectivity index (χ0) is 20.6. The van der Waals surface area contributed by atoms with Gasteiger partial charge in [-0.25, -0.2) is 0 Å². The van der Waals surface area contributed by atoms with E-state index in [0.717, 1.165) is 32.0 Å². The van der Waals surface area contributed by atoms with Gasteiger partial charge in [0.1, 0.15) is 0 Å². The number of nitrogens with zero attached hydrogens (tertiary/aromatic N) is 1. The molecule has 4 aliphatic rings. The predicted molar refractivity (Wildman–Crippen MR) is 121 cm³/mol. The summed E-state index contributed by atoms with van der Waals surface area (Å²) in [4.78, 5) is 2.37. The first-order chi connectivity index (χ1) is 13.8. The lowest BCUT2D eigenvalue weighted by molar-refractivity contribution is 0.218. The lowest BCUT2D eigenvalue weighted by Crippen LogP contribution is -2.57. The summed E-state index contributed by atoms with van der Waals surface area (Å²) in [6, 6.07) is 1.21. The highest BCUT2D eigenvalue weighted by Crippen LogP contribution is 2.31. The Hall–Kier alpha value is -1.56. The summed E-state index contributed by atoms with van der Waals surface area (Å²) in [5, 5.41) is 11.3. The second kappa shape index (κ2) is 8.29. The van der Waals surface area contributed by atoms with Gasteiger partial charge in [-0.05, 0) is 57.2 Å². The maximum absolute atomic E-state index is 6.62. The van der Waals surface area contributed by atoms with Crippen molar-refractivity contribution in [2.45, 2.75) is 63.7 Å². The van der Waals surface area contributed by atoms with E-state index >= 15 is 0 Å². The van der Waals surface area contributed by atoms with Crippen LogP contribution in [-0.4, -0.2) is 55.2 Å². The molecule has 3 atom stereocenters. The lowest BCUT2D eigenvalue weighted by atomic mass is 9.79. The van der Waals surface area contributed by atoms with Crippen molar-refractivity contribution in [3.05, 3.63) is 47.3 Å². The Kier molecular flexibility index (Phi) is 5.92. The maximum Gasteiger partial charge on any atom is 0.0749 e. The van der Waals surface area contributed by atoms with E-state index in [0.29, 0.717) is 12.1 Å². The highest BCUT2D eigenvalue weighted by Gasteiger charge is 2.36. The van der Waals surface area contributed by atoms with Crippen molar-refractivity contribution in [2.75, 3.05) is 26.7 Å². The topological polar surface area (TPSA) is 65.3 Å². The first-order valence-electron chi connectivity index (χ1n) is 11.3. The summed E-state index contributed by atoms with van der Waals surface area (Å²) in [6.45, 7) is 9.71. The lowest BCUT2D eigenvalue weighted by Gasteiger charge is -2.43. The monoisotopic (exact) mass is 397 g/mol. The van der Waals surface area contributed by atoms with E-state index in [9.17, 15) is 0 Å². The zero-order valence-corrected chi connectivity index (χ0v) is 18.5. The molecule has 2 aliphatic carbocycles. The van der Waals surface area contributed by atoms with E-state index < -0.39 is 0 Å². The molecule has 0 radical (unpaired) electrons. The van der Waals surface area contributed by atoms with E-state index in [1.54, 1.807) is 0 Å². The highest BCUT2D eigenvalue weighted by molar-refractivity contribution is 5.45. The van der Waals surface area contributed by atoms with Gasteiger partial charge >= 0.3 is 0 Å². The molecule has 1 saturated carbocycles. The van der Waals surface area contributed by atoms with E-state index in [1.807, 2.05) is 0 Å². The van der Waals surface area contributed by atoms with Gasteiger partial charge in [0.25, 0.3) is 0 Å². The molecular formula is C24H39N5. The summed E-state index contributed by atoms with van der Waals surface area (Å²) in [5.74, 6) is 1.11. The van der Waals surface area contributed by atoms with Crippen LogP contribution in [0.4, 0.5) is 0 Å². The molecule has 2 heterocycles. The molecule has 0 aromatic carbocycles. The van der Waals surface area contributed by atoms with Crippen LogP contribution < -0.4 is 21.7 Å². The van der Waals surface area contributed by atoms with Crippen molar-refractivity contribution in [1.82, 2.24) is 20.9 Å². The first kappa shape index (κ1) is 20.7. The molecular weight excluding hydrogens is 358 g/mol. The Morgan fingerprint density at radius 1 is 1.34 bits per heavy atom. The molecule has 0 aromatic rings. The molecule has 0 bridgehead atoms. The fourth-order valence-corrected chi connectivity index (χ4v) is 5.09. The van der Waals surface area contributed by atoms with Gasteiger partial charge in [-0.15, -0.1) is 0 Å². The molecule has 3 unspecified atom stereocenters. The normalized spacial score (nSPS) is 33.3. The number of fused-ring (bicyclic) bond motifs is 1. The minimum absolute atomic E-state index is 0.247. The van der Waals surface area contributed by atoms with Gasteiger partial charge in [0.15, 0.2) is 0 Å². The average Bonchev–Trinajstić information content (AvgIpc) is 2.65. The molecule has 0 spiro atoms. The fraction of sp³-hybridized carbons (Fsp3) is 0.667. The molecule has 5 nitrogen and oxygen atoms in total. The number of rotatable bonds is 6. The number of hydrogen-bond acceptors (Lipinski definition) is 5. The third-order valence-electron chi connectivity index (χ3n) is 7.08. The Morgan fingerprint density at radius 2 is 2.14 bits per heavy atom. The van der Waals surface area contributed by atoms with Gasteiger partial charge in [0.05, 0.1) is 12.1 Å². The largest absolute Gasteiger partial charge is 0.380 e. The third-order valence-corrected chi connectivity index (χ3v) is 7.08. The van der Waals surface area contributed by atoms with E-state index in [-0.39, 0.29) is 17.5 Å². The summed E-state index contributed by atoms with van der Waals surface area (Å²) < 4.78 is 0. The van der Waals surface area contributed by atoms with Crippen LogP contribution in [0, 0.1) is 11.8 Å². The summed E-state index contributed by atoms with van der Waals surface area (Å²) >= 11 is 0. The first-order valence-corrected chi connectivity index (χ1v) is 11.3. The minimum Gasteiger partial charge on any atom is -0.380 e. The van der Waals surface area contributed by atoms with E-state index in [1.165, 1.54) is 29.7 Å². The highest BCUT2D eigenvalue weighted by atomic mass is 15.1. The number of likely N-dealkylation sites (N-methyl/N-ethyl adjacent to an activating group) is 1. The smallest absolute Gasteiger partial charge is 0.0749 e. The molecule has 0 saturated heterocycles. The van der Waals surface area contributed by atoms with Gasteiger partial charge in [-0.2, -0.15) is 0 Å². The summed E-state index contributed by atoms with van der Waals surface area (Å²) in [5.41, 5.74) is 10.5. The van der Waals surface area contributed by atoms with Crippen molar-refractivity contribution in [3.8, 4) is 0 Å². The SMILES string of the molecule is CC1CC(NCC(C2=CNC3C(C4=CCN(C)CC4)=CC=CC3N2)C(C)(C)N)C1. The molecule has 1 fully saturated rings. The van der Waals surface area contributed by atoms with Crippen LogP contribution >= 0.6 is 0 Å². The summed E-state index contributed by atoms with van der Waals surface area (Å²) in [6.07, 6.45) is 15.1. The van der Waals surface area contributed by atoms with Crippen LogP contribution in [0.15, 0.2) is 47.3 Å². The number of hydrogen-bond donors (Lipinski definition) is 4. The molecule has 5 heteroatoms. The van der Waals surface area contributed by atoms with Gasteiger partial charge in [-0.3, -0.25) is 0 Å². The molecule has 29 heavy (non-hydrogen) atoms. The molecule has 4 rings (SSSR count). The van der Waals surface area contributed by atoms with Crippen LogP contribution in [0.5, 0.6) is 0 Å². The van der Waals surface area contributed by atoms with Gasteiger partial charge in [0, 0.05) is 49.0 Å². The Labute approximate surface area is 176 Å². The summed E-state index contributed by atoms with van der Waals surface area (Å²) in [7, 11) is 2.19. The fourth-order valence-electron chi connectivity index (χ4n) is 5.09.